The highest BCUT2D eigenvalue weighted by molar-refractivity contribution is 5.13. The Morgan fingerprint density at radius 3 is 2.17 bits per heavy atom. The number of rotatable bonds is 5. The second-order valence-electron chi connectivity index (χ2n) is 3.69. The summed E-state index contributed by atoms with van der Waals surface area (Å²) in [4.78, 5) is 4.32. The topological polar surface area (TPSA) is 21.3 Å². The summed E-state index contributed by atoms with van der Waals surface area (Å²) in [5, 5.41) is 0. The molecule has 0 amide bonds. The van der Waals surface area contributed by atoms with Crippen molar-refractivity contribution in [1.29, 1.82) is 0 Å². The third kappa shape index (κ3) is 3.64. The van der Waals surface area contributed by atoms with Gasteiger partial charge >= 0.3 is 12.1 Å². The van der Waals surface area contributed by atoms with Crippen LogP contribution in [0.1, 0.15) is 12.5 Å². The van der Waals surface area contributed by atoms with Crippen molar-refractivity contribution in [2.24, 2.45) is 0 Å². The van der Waals surface area contributed by atoms with E-state index in [9.17, 15) is 22.0 Å². The minimum atomic E-state index is -5.62. The maximum Gasteiger partial charge on any atom is 0.456 e. The second kappa shape index (κ2) is 5.62. The molecular weight excluding hydrogens is 257 g/mol. The first-order valence-electron chi connectivity index (χ1n) is 5.12. The number of hydrogen-bond donors (Lipinski definition) is 1. The molecule has 1 aromatic carbocycles. The molecule has 0 aliphatic carbocycles. The molecule has 7 heteroatoms. The van der Waals surface area contributed by atoms with Crippen LogP contribution in [0.25, 0.3) is 0 Å². The third-order valence-corrected chi connectivity index (χ3v) is 2.27. The Morgan fingerprint density at radius 1 is 1.11 bits per heavy atom. The van der Waals surface area contributed by atoms with Crippen LogP contribution in [0.5, 0.6) is 0 Å². The van der Waals surface area contributed by atoms with E-state index in [0.717, 1.165) is 0 Å². The van der Waals surface area contributed by atoms with Gasteiger partial charge in [-0.1, -0.05) is 30.3 Å². The van der Waals surface area contributed by atoms with Gasteiger partial charge in [0, 0.05) is 6.54 Å². The molecule has 0 radical (unpaired) electrons. The van der Waals surface area contributed by atoms with Crippen LogP contribution >= 0.6 is 0 Å². The lowest BCUT2D eigenvalue weighted by atomic mass is 10.2. The van der Waals surface area contributed by atoms with E-state index in [-0.39, 0.29) is 6.54 Å². The molecule has 2 nitrogen and oxygen atoms in total. The minimum absolute atomic E-state index is 0.0408. The zero-order chi connectivity index (χ0) is 13.8. The number of hydroxylamine groups is 1. The molecule has 0 aliphatic rings. The van der Waals surface area contributed by atoms with E-state index < -0.39 is 18.2 Å². The van der Waals surface area contributed by atoms with E-state index in [0.29, 0.717) is 12.5 Å². The summed E-state index contributed by atoms with van der Waals surface area (Å²) in [6.07, 6.45) is -7.93. The predicted octanol–water partition coefficient (Wildman–Crippen LogP) is 3.29. The van der Waals surface area contributed by atoms with Crippen LogP contribution in [0.2, 0.25) is 0 Å². The molecule has 0 aromatic heterocycles. The SMILES string of the molecule is CC(ONCc1ccccc1)C(F)(F)C(F)(F)F. The van der Waals surface area contributed by atoms with Gasteiger partial charge in [0.15, 0.2) is 0 Å². The summed E-state index contributed by atoms with van der Waals surface area (Å²) in [7, 11) is 0. The molecule has 0 saturated carbocycles. The Morgan fingerprint density at radius 2 is 1.67 bits per heavy atom. The lowest BCUT2D eigenvalue weighted by molar-refractivity contribution is -0.322. The standard InChI is InChI=1S/C11H12F5NO/c1-8(10(12,13)11(14,15)16)18-17-7-9-5-3-2-4-6-9/h2-6,8,17H,7H2,1H3. The van der Waals surface area contributed by atoms with E-state index in [1.54, 1.807) is 30.3 Å². The van der Waals surface area contributed by atoms with Crippen LogP contribution in [0.3, 0.4) is 0 Å². The van der Waals surface area contributed by atoms with Crippen LogP contribution < -0.4 is 5.48 Å². The summed E-state index contributed by atoms with van der Waals surface area (Å²) in [6.45, 7) is 0.699. The molecule has 0 fully saturated rings. The van der Waals surface area contributed by atoms with E-state index in [1.165, 1.54) is 0 Å². The van der Waals surface area contributed by atoms with Crippen LogP contribution in [0.4, 0.5) is 22.0 Å². The fourth-order valence-corrected chi connectivity index (χ4v) is 1.15. The van der Waals surface area contributed by atoms with Gasteiger partial charge in [0.2, 0.25) is 0 Å². The minimum Gasteiger partial charge on any atom is -0.292 e. The summed E-state index contributed by atoms with van der Waals surface area (Å²) >= 11 is 0. The molecule has 1 unspecified atom stereocenters. The Kier molecular flexibility index (Phi) is 4.64. The number of halogens is 5. The average molecular weight is 269 g/mol. The lowest BCUT2D eigenvalue weighted by Crippen LogP contribution is -2.48. The summed E-state index contributed by atoms with van der Waals surface area (Å²) < 4.78 is 61.4. The summed E-state index contributed by atoms with van der Waals surface area (Å²) in [5.74, 6) is -4.89. The molecule has 0 spiro atoms. The van der Waals surface area contributed by atoms with E-state index in [4.69, 9.17) is 0 Å². The molecule has 18 heavy (non-hydrogen) atoms. The number of benzene rings is 1. The smallest absolute Gasteiger partial charge is 0.292 e. The summed E-state index contributed by atoms with van der Waals surface area (Å²) in [6, 6.07) is 8.55. The summed E-state index contributed by atoms with van der Waals surface area (Å²) in [5.41, 5.74) is 2.81. The van der Waals surface area contributed by atoms with Gasteiger partial charge in [0.05, 0.1) is 0 Å². The van der Waals surface area contributed by atoms with Gasteiger partial charge < -0.3 is 0 Å². The monoisotopic (exact) mass is 269 g/mol. The molecule has 1 atom stereocenters. The van der Waals surface area contributed by atoms with Crippen molar-refractivity contribution in [2.45, 2.75) is 31.7 Å². The predicted molar refractivity (Wildman–Crippen MR) is 54.8 cm³/mol. The maximum absolute atomic E-state index is 12.8. The van der Waals surface area contributed by atoms with E-state index >= 15 is 0 Å². The molecule has 0 heterocycles. The Hall–Kier alpha value is -1.21. The van der Waals surface area contributed by atoms with Crippen molar-refractivity contribution >= 4 is 0 Å². The maximum atomic E-state index is 12.8. The van der Waals surface area contributed by atoms with E-state index in [1.807, 2.05) is 0 Å². The van der Waals surface area contributed by atoms with Gasteiger partial charge in [-0.05, 0) is 12.5 Å². The molecule has 1 N–H and O–H groups in total. The van der Waals surface area contributed by atoms with Gasteiger partial charge in [0.25, 0.3) is 0 Å². The zero-order valence-corrected chi connectivity index (χ0v) is 9.47. The Balaban J connectivity index is 2.45. The first-order chi connectivity index (χ1) is 8.25. The molecule has 1 rings (SSSR count). The van der Waals surface area contributed by atoms with Crippen LogP contribution in [-0.2, 0) is 11.4 Å². The molecule has 0 aliphatic heterocycles. The van der Waals surface area contributed by atoms with Crippen molar-refractivity contribution in [3.8, 4) is 0 Å². The third-order valence-electron chi connectivity index (χ3n) is 2.27. The highest BCUT2D eigenvalue weighted by Gasteiger charge is 2.61. The lowest BCUT2D eigenvalue weighted by Gasteiger charge is -2.25. The second-order valence-corrected chi connectivity index (χ2v) is 3.69. The van der Waals surface area contributed by atoms with Crippen molar-refractivity contribution in [3.05, 3.63) is 35.9 Å². The van der Waals surface area contributed by atoms with Gasteiger partial charge in [-0.15, -0.1) is 0 Å². The Labute approximate surface area is 101 Å². The van der Waals surface area contributed by atoms with Crippen LogP contribution in [0, 0.1) is 0 Å². The van der Waals surface area contributed by atoms with Crippen molar-refractivity contribution in [2.75, 3.05) is 0 Å². The van der Waals surface area contributed by atoms with Crippen LogP contribution in [-0.4, -0.2) is 18.2 Å². The highest BCUT2D eigenvalue weighted by atomic mass is 19.4. The normalized spacial score (nSPS) is 14.6. The molecular formula is C11H12F5NO. The first kappa shape index (κ1) is 14.8. The van der Waals surface area contributed by atoms with E-state index in [2.05, 4.69) is 10.3 Å². The van der Waals surface area contributed by atoms with Gasteiger partial charge in [-0.25, -0.2) is 0 Å². The quantitative estimate of drug-likeness (QED) is 0.654. The average Bonchev–Trinajstić information content (AvgIpc) is 2.28. The molecule has 1 aromatic rings. The zero-order valence-electron chi connectivity index (χ0n) is 9.47. The molecule has 0 bridgehead atoms. The number of nitrogens with one attached hydrogen (secondary N) is 1. The van der Waals surface area contributed by atoms with Gasteiger partial charge in [-0.3, -0.25) is 4.84 Å². The first-order valence-corrected chi connectivity index (χ1v) is 5.12. The molecule has 0 saturated heterocycles. The number of hydrogen-bond acceptors (Lipinski definition) is 2. The fraction of sp³-hybridized carbons (Fsp3) is 0.455. The van der Waals surface area contributed by atoms with Crippen molar-refractivity contribution in [1.82, 2.24) is 5.48 Å². The highest BCUT2D eigenvalue weighted by Crippen LogP contribution is 2.38. The fourth-order valence-electron chi connectivity index (χ4n) is 1.15. The van der Waals surface area contributed by atoms with Gasteiger partial charge in [-0.2, -0.15) is 27.4 Å². The largest absolute Gasteiger partial charge is 0.456 e. The number of alkyl halides is 5. The molecule has 102 valence electrons. The van der Waals surface area contributed by atoms with Crippen molar-refractivity contribution in [3.63, 3.8) is 0 Å². The Bertz CT molecular complexity index is 365. The van der Waals surface area contributed by atoms with Gasteiger partial charge in [0.1, 0.15) is 6.10 Å². The van der Waals surface area contributed by atoms with Crippen molar-refractivity contribution < 1.29 is 26.8 Å². The van der Waals surface area contributed by atoms with Crippen LogP contribution in [0.15, 0.2) is 30.3 Å².